The Hall–Kier alpha value is -4.80. The van der Waals surface area contributed by atoms with Gasteiger partial charge in [-0.15, -0.1) is 0 Å². The van der Waals surface area contributed by atoms with Crippen molar-refractivity contribution in [2.75, 3.05) is 39.6 Å². The van der Waals surface area contributed by atoms with Crippen molar-refractivity contribution in [1.29, 1.82) is 0 Å². The molecule has 19 heteroatoms. The average Bonchev–Trinajstić information content (AvgIpc) is 0.901. The van der Waals surface area contributed by atoms with Crippen molar-refractivity contribution in [1.82, 2.24) is 0 Å². The summed E-state index contributed by atoms with van der Waals surface area (Å²) < 4.78 is 68.6. The Bertz CT molecular complexity index is 2530. The molecule has 0 saturated heterocycles. The molecule has 0 aliphatic carbocycles. The van der Waals surface area contributed by atoms with Crippen LogP contribution in [0.3, 0.4) is 0 Å². The number of hydrogen-bond acceptors (Lipinski definition) is 15. The summed E-state index contributed by atoms with van der Waals surface area (Å²) >= 11 is 0. The number of ether oxygens (including phenoxy) is 4. The molecule has 0 aliphatic heterocycles. The van der Waals surface area contributed by atoms with Gasteiger partial charge in [-0.05, 0) is 135 Å². The second-order valence-corrected chi connectivity index (χ2v) is 30.2. The smallest absolute Gasteiger partial charge is 0.462 e. The molecule has 17 nitrogen and oxygen atoms in total. The van der Waals surface area contributed by atoms with Crippen LogP contribution in [0.4, 0.5) is 0 Å². The lowest BCUT2D eigenvalue weighted by molar-refractivity contribution is -0.161. The SMILES string of the molecule is CC/C=C\C/C=C\C/C=C\C/C=C\C/C=C\CCCCCC(=O)OC[C@H](COP(=O)(O)OC[C@@H](O)COP(=O)(O)OC[C@@H](COC(=O)CC/C=C\C/C=C\C/C=C\C/C=C\C/C=C\CCCCC)OC(=O)CCCCCCCCCCCCCCCCC)OC(=O)CCCCCCC/C=C\CCCCCC. The lowest BCUT2D eigenvalue weighted by atomic mass is 10.0. The van der Waals surface area contributed by atoms with Gasteiger partial charge in [-0.25, -0.2) is 9.13 Å². The molecule has 608 valence electrons. The van der Waals surface area contributed by atoms with Crippen LogP contribution in [-0.2, 0) is 65.4 Å². The summed E-state index contributed by atoms with van der Waals surface area (Å²) in [6, 6.07) is 0. The Morgan fingerprint density at radius 3 is 0.858 bits per heavy atom. The molecular weight excluding hydrogens is 1380 g/mol. The fraction of sp³-hybridized carbons (Fsp3) is 0.701. The minimum Gasteiger partial charge on any atom is -0.462 e. The number of hydrogen-bond donors (Lipinski definition) is 3. The number of phosphoric ester groups is 2. The predicted octanol–water partition coefficient (Wildman–Crippen LogP) is 24.4. The molecule has 5 atom stereocenters. The summed E-state index contributed by atoms with van der Waals surface area (Å²) in [4.78, 5) is 73.1. The van der Waals surface area contributed by atoms with Crippen LogP contribution in [0.5, 0.6) is 0 Å². The van der Waals surface area contributed by atoms with Crippen LogP contribution in [-0.4, -0.2) is 96.7 Å². The van der Waals surface area contributed by atoms with Crippen LogP contribution in [0.25, 0.3) is 0 Å². The van der Waals surface area contributed by atoms with Gasteiger partial charge >= 0.3 is 39.5 Å². The Labute approximate surface area is 644 Å². The maximum absolute atomic E-state index is 13.1. The molecule has 0 spiro atoms. The van der Waals surface area contributed by atoms with Gasteiger partial charge in [-0.2, -0.15) is 0 Å². The second kappa shape index (κ2) is 78.3. The Morgan fingerprint density at radius 1 is 0.274 bits per heavy atom. The third kappa shape index (κ3) is 77.4. The van der Waals surface area contributed by atoms with Crippen molar-refractivity contribution in [3.05, 3.63) is 134 Å². The number of rotatable bonds is 77. The first-order valence-corrected chi connectivity index (χ1v) is 44.4. The van der Waals surface area contributed by atoms with Crippen molar-refractivity contribution in [3.8, 4) is 0 Å². The van der Waals surface area contributed by atoms with Crippen LogP contribution in [0.15, 0.2) is 134 Å². The standard InChI is InChI=1S/C87H148O17P2/c1-5-9-13-17-21-25-29-33-36-38-40-42-45-48-51-55-59-63-67-71-84(89)97-77-82(103-86(91)73-69-65-61-57-53-47-32-28-24-20-16-12-8-4)79-101-105(93,94)99-75-81(88)76-100-106(95,96)102-80-83(104-87(92)74-70-66-62-58-54-50-44-35-31-27-23-19-15-11-7-3)78-98-85(90)72-68-64-60-56-52-49-46-43-41-39-37-34-30-26-22-18-14-10-6-2/h9,13,21-22,25-26,28,32-34,36-37,40-43,48-49,51-52,60,64,81-83,88H,5-8,10-12,14-20,23-24,27,29-31,35,38-39,44-47,50,53-59,61-63,65-80H2,1-4H3,(H,93,94)(H,95,96)/b13-9-,25-21-,26-22-,32-28-,36-33-,37-34-,42-40-,43-41-,51-48-,52-49-,64-60-/t81-,82-,83-/m1/s1. The number of carbonyl (C=O) groups excluding carboxylic acids is 4. The highest BCUT2D eigenvalue weighted by atomic mass is 31.2. The summed E-state index contributed by atoms with van der Waals surface area (Å²) in [7, 11) is -9.99. The highest BCUT2D eigenvalue weighted by Gasteiger charge is 2.30. The van der Waals surface area contributed by atoms with E-state index in [1.54, 1.807) is 0 Å². The van der Waals surface area contributed by atoms with Gasteiger partial charge < -0.3 is 33.8 Å². The molecule has 3 N–H and O–H groups in total. The first kappa shape index (κ1) is 101. The maximum atomic E-state index is 13.1. The third-order valence-corrected chi connectivity index (χ3v) is 19.0. The summed E-state index contributed by atoms with van der Waals surface area (Å²) in [5, 5.41) is 10.7. The van der Waals surface area contributed by atoms with E-state index in [0.29, 0.717) is 32.1 Å². The molecule has 0 heterocycles. The maximum Gasteiger partial charge on any atom is 0.472 e. The normalized spacial score (nSPS) is 14.5. The molecule has 106 heavy (non-hydrogen) atoms. The number of esters is 4. The van der Waals surface area contributed by atoms with Gasteiger partial charge in [0.15, 0.2) is 12.2 Å². The van der Waals surface area contributed by atoms with Crippen LogP contribution in [0, 0.1) is 0 Å². The fourth-order valence-electron chi connectivity index (χ4n) is 10.8. The first-order valence-electron chi connectivity index (χ1n) is 41.4. The molecule has 0 aromatic rings. The van der Waals surface area contributed by atoms with Gasteiger partial charge in [0.25, 0.3) is 0 Å². The van der Waals surface area contributed by atoms with Gasteiger partial charge in [0.2, 0.25) is 0 Å². The van der Waals surface area contributed by atoms with Crippen molar-refractivity contribution in [2.45, 2.75) is 354 Å². The highest BCUT2D eigenvalue weighted by molar-refractivity contribution is 7.47. The minimum atomic E-state index is -5.00. The predicted molar refractivity (Wildman–Crippen MR) is 436 cm³/mol. The zero-order valence-electron chi connectivity index (χ0n) is 66.6. The van der Waals surface area contributed by atoms with E-state index in [4.69, 9.17) is 37.0 Å². The number of carbonyl (C=O) groups is 4. The molecule has 0 aliphatic rings. The first-order chi connectivity index (χ1) is 51.7. The van der Waals surface area contributed by atoms with Crippen molar-refractivity contribution < 1.29 is 80.2 Å². The Kier molecular flexibility index (Phi) is 74.8. The molecule has 0 aromatic heterocycles. The molecule has 0 radical (unpaired) electrons. The lowest BCUT2D eigenvalue weighted by Gasteiger charge is -2.21. The molecule has 0 fully saturated rings. The summed E-state index contributed by atoms with van der Waals surface area (Å²) in [6.45, 7) is 4.62. The minimum absolute atomic E-state index is 0.0372. The number of unbranched alkanes of at least 4 members (excludes halogenated alkanes) is 29. The zero-order valence-corrected chi connectivity index (χ0v) is 68.4. The largest absolute Gasteiger partial charge is 0.472 e. The van der Waals surface area contributed by atoms with Crippen molar-refractivity contribution in [2.24, 2.45) is 0 Å². The van der Waals surface area contributed by atoms with E-state index in [2.05, 4.69) is 149 Å². The molecule has 0 saturated carbocycles. The lowest BCUT2D eigenvalue weighted by Crippen LogP contribution is -2.30. The van der Waals surface area contributed by atoms with Crippen molar-refractivity contribution >= 4 is 39.5 Å². The van der Waals surface area contributed by atoms with E-state index in [0.717, 1.165) is 141 Å². The van der Waals surface area contributed by atoms with Crippen LogP contribution in [0.2, 0.25) is 0 Å². The van der Waals surface area contributed by atoms with Crippen molar-refractivity contribution in [3.63, 3.8) is 0 Å². The summed E-state index contributed by atoms with van der Waals surface area (Å²) in [5.74, 6) is -2.31. The monoisotopic (exact) mass is 1530 g/mol. The topological polar surface area (TPSA) is 237 Å². The van der Waals surface area contributed by atoms with E-state index in [-0.39, 0.29) is 25.7 Å². The van der Waals surface area contributed by atoms with Crippen LogP contribution < -0.4 is 0 Å². The number of phosphoric acid groups is 2. The fourth-order valence-corrected chi connectivity index (χ4v) is 12.4. The molecule has 0 aromatic carbocycles. The Morgan fingerprint density at radius 2 is 0.509 bits per heavy atom. The number of aliphatic hydroxyl groups excluding tert-OH is 1. The van der Waals surface area contributed by atoms with Gasteiger partial charge in [-0.3, -0.25) is 37.3 Å². The molecule has 0 rings (SSSR count). The van der Waals surface area contributed by atoms with Gasteiger partial charge in [0, 0.05) is 25.7 Å². The molecule has 2 unspecified atom stereocenters. The van der Waals surface area contributed by atoms with E-state index in [9.17, 15) is 43.2 Å². The van der Waals surface area contributed by atoms with Gasteiger partial charge in [-0.1, -0.05) is 309 Å². The van der Waals surface area contributed by atoms with Gasteiger partial charge in [0.1, 0.15) is 19.3 Å². The number of allylic oxidation sites excluding steroid dienone is 22. The van der Waals surface area contributed by atoms with E-state index < -0.39 is 97.5 Å². The molecule has 0 bridgehead atoms. The quantitative estimate of drug-likeness (QED) is 0.0169. The van der Waals surface area contributed by atoms with Gasteiger partial charge in [0.05, 0.1) is 26.4 Å². The summed E-state index contributed by atoms with van der Waals surface area (Å²) in [6.07, 6.45) is 88.7. The highest BCUT2D eigenvalue weighted by Crippen LogP contribution is 2.45. The number of aliphatic hydroxyl groups is 1. The molecular formula is C87H148O17P2. The average molecular weight is 1530 g/mol. The third-order valence-electron chi connectivity index (χ3n) is 17.1. The summed E-state index contributed by atoms with van der Waals surface area (Å²) in [5.41, 5.74) is 0. The zero-order chi connectivity index (χ0) is 77.4. The van der Waals surface area contributed by atoms with E-state index in [1.165, 1.54) is 109 Å². The van der Waals surface area contributed by atoms with E-state index >= 15 is 0 Å². The molecule has 0 amide bonds. The van der Waals surface area contributed by atoms with E-state index in [1.807, 2.05) is 12.2 Å². The van der Waals surface area contributed by atoms with Crippen LogP contribution >= 0.6 is 15.6 Å². The van der Waals surface area contributed by atoms with Crippen LogP contribution in [0.1, 0.15) is 336 Å². The second-order valence-electron chi connectivity index (χ2n) is 27.3. The Balaban J connectivity index is 5.44.